The van der Waals surface area contributed by atoms with Crippen molar-refractivity contribution >= 4 is 38.8 Å². The van der Waals surface area contributed by atoms with Crippen molar-refractivity contribution in [2.24, 2.45) is 0 Å². The number of hydrogen-bond donors (Lipinski definition) is 1. The first-order valence-electron chi connectivity index (χ1n) is 9.38. The molecule has 1 aliphatic heterocycles. The molecule has 0 radical (unpaired) electrons. The summed E-state index contributed by atoms with van der Waals surface area (Å²) in [5.74, 6) is 0.802. The maximum absolute atomic E-state index is 12.0. The number of anilines is 1. The fourth-order valence-corrected chi connectivity index (χ4v) is 4.48. The highest BCUT2D eigenvalue weighted by Gasteiger charge is 2.17. The Bertz CT molecular complexity index is 962. The van der Waals surface area contributed by atoms with Crippen molar-refractivity contribution in [2.75, 3.05) is 37.6 Å². The van der Waals surface area contributed by atoms with E-state index in [4.69, 9.17) is 11.6 Å². The molecule has 1 saturated heterocycles. The largest absolute Gasteiger partial charge is 0.369 e. The van der Waals surface area contributed by atoms with Crippen LogP contribution < -0.4 is 10.5 Å². The lowest BCUT2D eigenvalue weighted by molar-refractivity contribution is 0.253. The Hall–Kier alpha value is -1.89. The Morgan fingerprint density at radius 1 is 1.15 bits per heavy atom. The topological polar surface area (TPSA) is 52.2 Å². The molecule has 1 N–H and O–H groups in total. The van der Waals surface area contributed by atoms with Crippen molar-refractivity contribution in [3.05, 3.63) is 56.9 Å². The molecular weight excluding hydrogens is 380 g/mol. The lowest BCUT2D eigenvalue weighted by atomic mass is 10.2. The highest BCUT2D eigenvalue weighted by atomic mass is 35.5. The molecule has 27 heavy (non-hydrogen) atoms. The third kappa shape index (κ3) is 4.51. The smallest absolute Gasteiger partial charge is 0.268 e. The molecule has 0 aliphatic carbocycles. The molecule has 5 nitrogen and oxygen atoms in total. The average molecular weight is 403 g/mol. The Balaban J connectivity index is 1.21. The number of unbranched alkanes of at least 4 members (excludes halogenated alkanes) is 1. The zero-order valence-corrected chi connectivity index (χ0v) is 16.7. The van der Waals surface area contributed by atoms with Gasteiger partial charge in [-0.1, -0.05) is 17.7 Å². The summed E-state index contributed by atoms with van der Waals surface area (Å²) in [4.78, 5) is 24.4. The van der Waals surface area contributed by atoms with E-state index >= 15 is 0 Å². The van der Waals surface area contributed by atoms with E-state index in [9.17, 15) is 4.79 Å². The van der Waals surface area contributed by atoms with Gasteiger partial charge in [0.1, 0.15) is 10.5 Å². The summed E-state index contributed by atoms with van der Waals surface area (Å²) in [5.41, 5.74) is 2.01. The summed E-state index contributed by atoms with van der Waals surface area (Å²) < 4.78 is 0.719. The molecule has 142 valence electrons. The van der Waals surface area contributed by atoms with E-state index in [0.717, 1.165) is 73.0 Å². The van der Waals surface area contributed by atoms with Crippen molar-refractivity contribution in [3.8, 4) is 0 Å². The monoisotopic (exact) mass is 402 g/mol. The zero-order valence-electron chi connectivity index (χ0n) is 15.2. The SMILES string of the molecule is O=c1[nH]c(CCCCN2CCN(c3cccc(Cl)c3)CC2)nc2ccsc12. The molecule has 2 aromatic heterocycles. The molecular formula is C20H23ClN4OS. The van der Waals surface area contributed by atoms with Gasteiger partial charge in [-0.2, -0.15) is 0 Å². The second-order valence-corrected chi connectivity index (χ2v) is 8.27. The van der Waals surface area contributed by atoms with Gasteiger partial charge in [-0.25, -0.2) is 4.98 Å². The van der Waals surface area contributed by atoms with Crippen LogP contribution in [0.4, 0.5) is 5.69 Å². The summed E-state index contributed by atoms with van der Waals surface area (Å²) in [6.45, 7) is 5.30. The van der Waals surface area contributed by atoms with Gasteiger partial charge in [0.15, 0.2) is 0 Å². The van der Waals surface area contributed by atoms with Gasteiger partial charge in [0, 0.05) is 43.3 Å². The summed E-state index contributed by atoms with van der Waals surface area (Å²) in [6.07, 6.45) is 2.97. The molecule has 1 fully saturated rings. The van der Waals surface area contributed by atoms with Crippen LogP contribution >= 0.6 is 22.9 Å². The summed E-state index contributed by atoms with van der Waals surface area (Å²) in [6, 6.07) is 10.0. The molecule has 7 heteroatoms. The number of aryl methyl sites for hydroxylation is 1. The minimum absolute atomic E-state index is 0.0119. The van der Waals surface area contributed by atoms with E-state index in [1.165, 1.54) is 17.0 Å². The zero-order chi connectivity index (χ0) is 18.6. The predicted octanol–water partition coefficient (Wildman–Crippen LogP) is 3.78. The second-order valence-electron chi connectivity index (χ2n) is 6.91. The van der Waals surface area contributed by atoms with E-state index < -0.39 is 0 Å². The molecule has 3 heterocycles. The van der Waals surface area contributed by atoms with Gasteiger partial charge >= 0.3 is 0 Å². The van der Waals surface area contributed by atoms with Crippen molar-refractivity contribution in [1.82, 2.24) is 14.9 Å². The number of nitrogens with zero attached hydrogens (tertiary/aromatic N) is 3. The van der Waals surface area contributed by atoms with Gasteiger partial charge in [-0.15, -0.1) is 11.3 Å². The lowest BCUT2D eigenvalue weighted by Gasteiger charge is -2.36. The fourth-order valence-electron chi connectivity index (χ4n) is 3.57. The van der Waals surface area contributed by atoms with Crippen LogP contribution in [0.15, 0.2) is 40.5 Å². The van der Waals surface area contributed by atoms with Crippen LogP contribution in [0.3, 0.4) is 0 Å². The Morgan fingerprint density at radius 3 is 2.81 bits per heavy atom. The molecule has 3 aromatic rings. The number of nitrogens with one attached hydrogen (secondary N) is 1. The first-order valence-corrected chi connectivity index (χ1v) is 10.6. The molecule has 4 rings (SSSR count). The third-order valence-electron chi connectivity index (χ3n) is 5.05. The van der Waals surface area contributed by atoms with Crippen LogP contribution in [0, 0.1) is 0 Å². The molecule has 0 unspecified atom stereocenters. The molecule has 0 saturated carbocycles. The number of fused-ring (bicyclic) bond motifs is 1. The summed E-state index contributed by atoms with van der Waals surface area (Å²) in [7, 11) is 0. The number of H-pyrrole nitrogens is 1. The molecule has 0 spiro atoms. The highest BCUT2D eigenvalue weighted by Crippen LogP contribution is 2.21. The number of benzene rings is 1. The molecule has 1 aromatic carbocycles. The van der Waals surface area contributed by atoms with E-state index in [1.54, 1.807) is 0 Å². The third-order valence-corrected chi connectivity index (χ3v) is 6.18. The standard InChI is InChI=1S/C20H23ClN4OS/c21-15-4-3-5-16(14-15)25-11-9-24(10-12-25)8-2-1-6-18-22-17-7-13-27-19(17)20(26)23-18/h3-5,7,13-14H,1-2,6,8-12H2,(H,22,23,26). The Kier molecular flexibility index (Phi) is 5.76. The number of hydrogen-bond acceptors (Lipinski definition) is 5. The van der Waals surface area contributed by atoms with Crippen LogP contribution in [0.25, 0.3) is 10.2 Å². The molecule has 0 bridgehead atoms. The molecule has 0 atom stereocenters. The number of rotatable bonds is 6. The average Bonchev–Trinajstić information content (AvgIpc) is 3.15. The van der Waals surface area contributed by atoms with Gasteiger partial charge in [0.05, 0.1) is 5.52 Å². The summed E-state index contributed by atoms with van der Waals surface area (Å²) in [5, 5.41) is 2.71. The minimum Gasteiger partial charge on any atom is -0.369 e. The van der Waals surface area contributed by atoms with Gasteiger partial charge in [0.25, 0.3) is 5.56 Å². The van der Waals surface area contributed by atoms with Crippen molar-refractivity contribution < 1.29 is 0 Å². The number of aromatic amines is 1. The van der Waals surface area contributed by atoms with Gasteiger partial charge < -0.3 is 9.88 Å². The Morgan fingerprint density at radius 2 is 2.00 bits per heavy atom. The first kappa shape index (κ1) is 18.5. The maximum atomic E-state index is 12.0. The van der Waals surface area contributed by atoms with E-state index in [0.29, 0.717) is 0 Å². The van der Waals surface area contributed by atoms with E-state index in [-0.39, 0.29) is 5.56 Å². The fraction of sp³-hybridized carbons (Fsp3) is 0.400. The van der Waals surface area contributed by atoms with Crippen molar-refractivity contribution in [1.29, 1.82) is 0 Å². The number of piperazine rings is 1. The maximum Gasteiger partial charge on any atom is 0.268 e. The van der Waals surface area contributed by atoms with Gasteiger partial charge in [-0.3, -0.25) is 9.69 Å². The quantitative estimate of drug-likeness (QED) is 0.637. The molecule has 1 aliphatic rings. The van der Waals surface area contributed by atoms with Crippen LogP contribution in [-0.2, 0) is 6.42 Å². The van der Waals surface area contributed by atoms with Crippen LogP contribution in [0.2, 0.25) is 5.02 Å². The Labute approximate surface area is 167 Å². The van der Waals surface area contributed by atoms with Gasteiger partial charge in [-0.05, 0) is 49.0 Å². The second kappa shape index (κ2) is 8.42. The molecule has 0 amide bonds. The van der Waals surface area contributed by atoms with Crippen LogP contribution in [0.1, 0.15) is 18.7 Å². The number of thiophene rings is 1. The highest BCUT2D eigenvalue weighted by molar-refractivity contribution is 7.17. The van der Waals surface area contributed by atoms with E-state index in [2.05, 4.69) is 25.8 Å². The number of aromatic nitrogens is 2. The minimum atomic E-state index is -0.0119. The van der Waals surface area contributed by atoms with Crippen molar-refractivity contribution in [2.45, 2.75) is 19.3 Å². The van der Waals surface area contributed by atoms with Crippen LogP contribution in [0.5, 0.6) is 0 Å². The lowest BCUT2D eigenvalue weighted by Crippen LogP contribution is -2.46. The predicted molar refractivity (Wildman–Crippen MR) is 113 cm³/mol. The van der Waals surface area contributed by atoms with Crippen molar-refractivity contribution in [3.63, 3.8) is 0 Å². The first-order chi connectivity index (χ1) is 13.2. The number of halogens is 1. The van der Waals surface area contributed by atoms with E-state index in [1.807, 2.05) is 29.6 Å². The van der Waals surface area contributed by atoms with Gasteiger partial charge in [0.2, 0.25) is 0 Å². The summed E-state index contributed by atoms with van der Waals surface area (Å²) >= 11 is 7.54. The normalized spacial score (nSPS) is 15.5. The van der Waals surface area contributed by atoms with Crippen LogP contribution in [-0.4, -0.2) is 47.6 Å².